The second-order valence-electron chi connectivity index (χ2n) is 9.36. The lowest BCUT2D eigenvalue weighted by Gasteiger charge is -2.34. The van der Waals surface area contributed by atoms with Crippen LogP contribution in [0.25, 0.3) is 11.1 Å². The van der Waals surface area contributed by atoms with Crippen LogP contribution in [0.15, 0.2) is 36.4 Å². The zero-order chi connectivity index (χ0) is 21.0. The third-order valence-corrected chi connectivity index (χ3v) is 6.45. The fourth-order valence-corrected chi connectivity index (χ4v) is 4.65. The molecule has 0 atom stereocenters. The fourth-order valence-electron chi connectivity index (χ4n) is 4.65. The summed E-state index contributed by atoms with van der Waals surface area (Å²) < 4.78 is 0. The first-order valence-electron chi connectivity index (χ1n) is 11.6. The van der Waals surface area contributed by atoms with Gasteiger partial charge in [-0.25, -0.2) is 0 Å². The van der Waals surface area contributed by atoms with Gasteiger partial charge in [-0.2, -0.15) is 0 Å². The highest BCUT2D eigenvalue weighted by atomic mass is 14.9. The molecule has 2 aromatic carbocycles. The molecule has 3 rings (SSSR count). The van der Waals surface area contributed by atoms with Gasteiger partial charge >= 0.3 is 0 Å². The molecule has 158 valence electrons. The van der Waals surface area contributed by atoms with E-state index in [0.717, 1.165) is 39.0 Å². The summed E-state index contributed by atoms with van der Waals surface area (Å²) in [4.78, 5) is 0. The Morgan fingerprint density at radius 2 is 1.10 bits per heavy atom. The van der Waals surface area contributed by atoms with E-state index in [1.807, 2.05) is 0 Å². The molecule has 2 heteroatoms. The van der Waals surface area contributed by atoms with Gasteiger partial charge in [-0.05, 0) is 71.1 Å². The number of hydrogen-bond donors (Lipinski definition) is 2. The summed E-state index contributed by atoms with van der Waals surface area (Å²) in [6.45, 7) is 17.8. The Morgan fingerprint density at radius 1 is 0.690 bits per heavy atom. The smallest absolute Gasteiger partial charge is 0.0463 e. The first kappa shape index (κ1) is 22.1. The second-order valence-corrected chi connectivity index (χ2v) is 9.36. The average molecular weight is 393 g/mol. The average Bonchev–Trinajstić information content (AvgIpc) is 2.97. The van der Waals surface area contributed by atoms with Crippen molar-refractivity contribution in [2.24, 2.45) is 0 Å². The van der Waals surface area contributed by atoms with Crippen LogP contribution >= 0.6 is 0 Å². The van der Waals surface area contributed by atoms with Gasteiger partial charge in [0.25, 0.3) is 0 Å². The molecule has 0 radical (unpaired) electrons. The predicted octanol–water partition coefficient (Wildman–Crippen LogP) is 6.20. The van der Waals surface area contributed by atoms with Crippen molar-refractivity contribution in [3.8, 4) is 11.1 Å². The minimum Gasteiger partial charge on any atom is -0.315 e. The Hall–Kier alpha value is -1.64. The maximum atomic E-state index is 3.78. The van der Waals surface area contributed by atoms with E-state index in [1.165, 1.54) is 33.4 Å². The molecule has 1 aliphatic carbocycles. The molecule has 2 aromatic rings. The van der Waals surface area contributed by atoms with Crippen LogP contribution in [0.4, 0.5) is 0 Å². The minimum absolute atomic E-state index is 0.00912. The van der Waals surface area contributed by atoms with Crippen molar-refractivity contribution >= 4 is 0 Å². The molecule has 29 heavy (non-hydrogen) atoms. The summed E-state index contributed by atoms with van der Waals surface area (Å²) >= 11 is 0. The molecule has 0 heterocycles. The standard InChI is InChI=1S/C27H40N2/c1-7-13-28-17-27(18-29-14-8-2)25-15-21(19(3)4)9-11-23(25)24-12-10-22(20(5)6)16-26(24)27/h9-12,15-16,19-20,28-29H,7-8,13-14,17-18H2,1-6H3. The van der Waals surface area contributed by atoms with Crippen LogP contribution in [0.5, 0.6) is 0 Å². The molecule has 0 aromatic heterocycles. The van der Waals surface area contributed by atoms with Crippen LogP contribution in [0.3, 0.4) is 0 Å². The summed E-state index contributed by atoms with van der Waals surface area (Å²) in [7, 11) is 0. The van der Waals surface area contributed by atoms with Gasteiger partial charge in [0, 0.05) is 18.5 Å². The van der Waals surface area contributed by atoms with E-state index in [9.17, 15) is 0 Å². The van der Waals surface area contributed by atoms with Crippen LogP contribution in [0.1, 0.15) is 88.5 Å². The van der Waals surface area contributed by atoms with Crippen molar-refractivity contribution in [1.82, 2.24) is 10.6 Å². The Bertz CT molecular complexity index is 750. The number of nitrogens with one attached hydrogen (secondary N) is 2. The maximum absolute atomic E-state index is 3.78. The maximum Gasteiger partial charge on any atom is 0.0463 e. The van der Waals surface area contributed by atoms with Gasteiger partial charge in [0.2, 0.25) is 0 Å². The molecule has 0 unspecified atom stereocenters. The third kappa shape index (κ3) is 4.29. The van der Waals surface area contributed by atoms with Crippen molar-refractivity contribution in [2.75, 3.05) is 26.2 Å². The van der Waals surface area contributed by atoms with Crippen molar-refractivity contribution < 1.29 is 0 Å². The number of fused-ring (bicyclic) bond motifs is 3. The van der Waals surface area contributed by atoms with E-state index in [2.05, 4.69) is 88.6 Å². The fraction of sp³-hybridized carbons (Fsp3) is 0.556. The molecule has 0 spiro atoms. The molecule has 2 nitrogen and oxygen atoms in total. The van der Waals surface area contributed by atoms with Gasteiger partial charge in [0.15, 0.2) is 0 Å². The summed E-state index contributed by atoms with van der Waals surface area (Å²) in [5, 5.41) is 7.57. The monoisotopic (exact) mass is 392 g/mol. The third-order valence-electron chi connectivity index (χ3n) is 6.45. The van der Waals surface area contributed by atoms with E-state index in [0.29, 0.717) is 11.8 Å². The first-order chi connectivity index (χ1) is 13.9. The zero-order valence-electron chi connectivity index (χ0n) is 19.4. The molecule has 0 amide bonds. The SMILES string of the molecule is CCCNCC1(CNCCC)c2cc(C(C)C)ccc2-c2ccc(C(C)C)cc21. The molecule has 0 aliphatic heterocycles. The van der Waals surface area contributed by atoms with E-state index >= 15 is 0 Å². The number of hydrogen-bond acceptors (Lipinski definition) is 2. The highest BCUT2D eigenvalue weighted by molar-refractivity contribution is 5.82. The lowest BCUT2D eigenvalue weighted by molar-refractivity contribution is 0.437. The highest BCUT2D eigenvalue weighted by Gasteiger charge is 2.43. The first-order valence-corrected chi connectivity index (χ1v) is 11.6. The van der Waals surface area contributed by atoms with Crippen molar-refractivity contribution in [2.45, 2.75) is 71.6 Å². The largest absolute Gasteiger partial charge is 0.315 e. The Balaban J connectivity index is 2.19. The molecular weight excluding hydrogens is 352 g/mol. The molecule has 1 aliphatic rings. The zero-order valence-corrected chi connectivity index (χ0v) is 19.4. The number of benzene rings is 2. The summed E-state index contributed by atoms with van der Waals surface area (Å²) in [6.07, 6.45) is 2.33. The number of rotatable bonds is 10. The molecule has 0 saturated carbocycles. The molecule has 0 bridgehead atoms. The highest BCUT2D eigenvalue weighted by Crippen LogP contribution is 2.50. The summed E-state index contributed by atoms with van der Waals surface area (Å²) in [5.74, 6) is 1.08. The van der Waals surface area contributed by atoms with Gasteiger partial charge in [0.1, 0.15) is 0 Å². The van der Waals surface area contributed by atoms with Gasteiger partial charge in [0.05, 0.1) is 0 Å². The van der Waals surface area contributed by atoms with E-state index in [-0.39, 0.29) is 5.41 Å². The van der Waals surface area contributed by atoms with Crippen LogP contribution in [0.2, 0.25) is 0 Å². The van der Waals surface area contributed by atoms with Crippen LogP contribution in [-0.4, -0.2) is 26.2 Å². The van der Waals surface area contributed by atoms with Gasteiger partial charge in [-0.1, -0.05) is 77.9 Å². The molecular formula is C27H40N2. The lowest BCUT2D eigenvalue weighted by atomic mass is 9.76. The lowest BCUT2D eigenvalue weighted by Crippen LogP contribution is -2.46. The predicted molar refractivity (Wildman–Crippen MR) is 127 cm³/mol. The van der Waals surface area contributed by atoms with E-state index in [4.69, 9.17) is 0 Å². The van der Waals surface area contributed by atoms with Crippen LogP contribution in [-0.2, 0) is 5.41 Å². The van der Waals surface area contributed by atoms with E-state index in [1.54, 1.807) is 0 Å². The topological polar surface area (TPSA) is 24.1 Å². The van der Waals surface area contributed by atoms with Gasteiger partial charge in [-0.3, -0.25) is 0 Å². The normalized spacial score (nSPS) is 14.5. The Labute approximate surface area is 178 Å². The summed E-state index contributed by atoms with van der Waals surface area (Å²) in [6, 6.07) is 14.4. The second kappa shape index (κ2) is 9.45. The Kier molecular flexibility index (Phi) is 7.19. The van der Waals surface area contributed by atoms with Crippen molar-refractivity contribution in [1.29, 1.82) is 0 Å². The molecule has 0 fully saturated rings. The molecule has 0 saturated heterocycles. The van der Waals surface area contributed by atoms with Gasteiger partial charge < -0.3 is 10.6 Å². The van der Waals surface area contributed by atoms with Crippen LogP contribution < -0.4 is 10.6 Å². The van der Waals surface area contributed by atoms with Crippen molar-refractivity contribution in [3.05, 3.63) is 58.7 Å². The minimum atomic E-state index is -0.00912. The van der Waals surface area contributed by atoms with Crippen LogP contribution in [0, 0.1) is 0 Å². The molecule has 2 N–H and O–H groups in total. The van der Waals surface area contributed by atoms with Gasteiger partial charge in [-0.15, -0.1) is 0 Å². The Morgan fingerprint density at radius 3 is 1.45 bits per heavy atom. The summed E-state index contributed by atoms with van der Waals surface area (Å²) in [5.41, 5.74) is 8.74. The quantitative estimate of drug-likeness (QED) is 0.470. The van der Waals surface area contributed by atoms with Crippen molar-refractivity contribution in [3.63, 3.8) is 0 Å². The van der Waals surface area contributed by atoms with E-state index < -0.39 is 0 Å².